The maximum atomic E-state index is 5.25. The van der Waals surface area contributed by atoms with E-state index in [2.05, 4.69) is 21.4 Å². The van der Waals surface area contributed by atoms with E-state index in [9.17, 15) is 0 Å². The maximum Gasteiger partial charge on any atom is 0.0525 e. The summed E-state index contributed by atoms with van der Waals surface area (Å²) >= 11 is 3.34. The first kappa shape index (κ1) is 10.8. The van der Waals surface area contributed by atoms with Crippen LogP contribution in [0.2, 0.25) is 0 Å². The third-order valence-electron chi connectivity index (χ3n) is 1.36. The first-order valence-corrected chi connectivity index (χ1v) is 3.76. The molecule has 4 heteroatoms. The van der Waals surface area contributed by atoms with Crippen LogP contribution in [0.25, 0.3) is 0 Å². The van der Waals surface area contributed by atoms with Crippen molar-refractivity contribution in [1.29, 1.82) is 0 Å². The third kappa shape index (κ3) is 2.69. The molecule has 0 heterocycles. The van der Waals surface area contributed by atoms with Crippen molar-refractivity contribution in [1.82, 2.24) is 0 Å². The fraction of sp³-hybridized carbons (Fsp3) is 0.143. The first-order valence-electron chi connectivity index (χ1n) is 2.97. The molecule has 11 heavy (non-hydrogen) atoms. The van der Waals surface area contributed by atoms with Gasteiger partial charge in [-0.05, 0) is 24.6 Å². The lowest BCUT2D eigenvalue weighted by Gasteiger charge is -2.03. The average Bonchev–Trinajstić information content (AvgIpc) is 1.94. The molecule has 0 aliphatic carbocycles. The molecule has 2 nitrogen and oxygen atoms in total. The van der Waals surface area contributed by atoms with Gasteiger partial charge in [0.1, 0.15) is 0 Å². The maximum absolute atomic E-state index is 5.25. The van der Waals surface area contributed by atoms with Crippen molar-refractivity contribution < 1.29 is 0 Å². The molecular weight excluding hydrogens is 227 g/mol. The van der Waals surface area contributed by atoms with Gasteiger partial charge in [0.05, 0.1) is 5.69 Å². The summed E-state index contributed by atoms with van der Waals surface area (Å²) in [5, 5.41) is 0. The second-order valence-corrected chi connectivity index (χ2v) is 3.02. The summed E-state index contributed by atoms with van der Waals surface area (Å²) in [6.45, 7) is 2.00. The summed E-state index contributed by atoms with van der Waals surface area (Å²) in [5.74, 6) is 5.25. The van der Waals surface area contributed by atoms with E-state index in [0.29, 0.717) is 0 Å². The van der Waals surface area contributed by atoms with Crippen LogP contribution < -0.4 is 11.3 Å². The zero-order valence-electron chi connectivity index (χ0n) is 6.10. The highest BCUT2D eigenvalue weighted by Crippen LogP contribution is 2.18. The molecule has 1 rings (SSSR count). The van der Waals surface area contributed by atoms with E-state index in [0.717, 1.165) is 15.7 Å². The Hall–Kier alpha value is -0.250. The van der Waals surface area contributed by atoms with Crippen LogP contribution in [-0.2, 0) is 0 Å². The number of anilines is 1. The third-order valence-corrected chi connectivity index (χ3v) is 1.85. The monoisotopic (exact) mass is 236 g/mol. The van der Waals surface area contributed by atoms with Crippen molar-refractivity contribution in [2.75, 3.05) is 5.43 Å². The topological polar surface area (TPSA) is 38.0 Å². The number of nitrogen functional groups attached to an aromatic ring is 1. The molecular formula is C7H10BrClN2. The number of rotatable bonds is 1. The Bertz CT molecular complexity index is 240. The van der Waals surface area contributed by atoms with E-state index in [-0.39, 0.29) is 12.4 Å². The van der Waals surface area contributed by atoms with Crippen molar-refractivity contribution >= 4 is 34.0 Å². The summed E-state index contributed by atoms with van der Waals surface area (Å²) < 4.78 is 1.03. The van der Waals surface area contributed by atoms with Crippen molar-refractivity contribution in [3.63, 3.8) is 0 Å². The van der Waals surface area contributed by atoms with Crippen molar-refractivity contribution in [2.45, 2.75) is 6.92 Å². The van der Waals surface area contributed by atoms with Crippen molar-refractivity contribution in [3.05, 3.63) is 28.2 Å². The highest BCUT2D eigenvalue weighted by Gasteiger charge is 1.94. The summed E-state index contributed by atoms with van der Waals surface area (Å²) in [4.78, 5) is 0. The predicted molar refractivity (Wildman–Crippen MR) is 53.9 cm³/mol. The van der Waals surface area contributed by atoms with Gasteiger partial charge in [-0.15, -0.1) is 12.4 Å². The van der Waals surface area contributed by atoms with Crippen LogP contribution in [0.1, 0.15) is 5.56 Å². The second kappa shape index (κ2) is 4.59. The molecule has 0 saturated carbocycles. The number of nitrogens with one attached hydrogen (secondary N) is 1. The molecule has 0 amide bonds. The molecule has 0 spiro atoms. The van der Waals surface area contributed by atoms with Gasteiger partial charge in [0.15, 0.2) is 0 Å². The smallest absolute Gasteiger partial charge is 0.0525 e. The number of hydrogen-bond donors (Lipinski definition) is 2. The summed E-state index contributed by atoms with van der Waals surface area (Å²) in [7, 11) is 0. The number of nitrogens with two attached hydrogens (primary N) is 1. The standard InChI is InChI=1S/C7H9BrN2.ClH/c1-5-2-3-6(8)4-7(5)10-9;/h2-4,10H,9H2,1H3;1H. The highest BCUT2D eigenvalue weighted by atomic mass is 79.9. The van der Waals surface area contributed by atoms with Gasteiger partial charge in [0.25, 0.3) is 0 Å². The van der Waals surface area contributed by atoms with Crippen LogP contribution in [0.4, 0.5) is 5.69 Å². The molecule has 0 bridgehead atoms. The Morgan fingerprint density at radius 3 is 2.55 bits per heavy atom. The van der Waals surface area contributed by atoms with Gasteiger partial charge in [-0.3, -0.25) is 5.84 Å². The fourth-order valence-electron chi connectivity index (χ4n) is 0.750. The quantitative estimate of drug-likeness (QED) is 0.582. The Kier molecular flexibility index (Phi) is 4.49. The summed E-state index contributed by atoms with van der Waals surface area (Å²) in [5.41, 5.74) is 4.70. The largest absolute Gasteiger partial charge is 0.324 e. The van der Waals surface area contributed by atoms with Gasteiger partial charge < -0.3 is 5.43 Å². The van der Waals surface area contributed by atoms with Crippen LogP contribution in [-0.4, -0.2) is 0 Å². The van der Waals surface area contributed by atoms with Crippen LogP contribution >= 0.6 is 28.3 Å². The minimum atomic E-state index is 0. The number of hydrogen-bond acceptors (Lipinski definition) is 2. The van der Waals surface area contributed by atoms with Crippen LogP contribution in [0.5, 0.6) is 0 Å². The lowest BCUT2D eigenvalue weighted by Crippen LogP contribution is -2.07. The Labute approximate surface area is 80.7 Å². The molecule has 0 radical (unpaired) electrons. The summed E-state index contributed by atoms with van der Waals surface area (Å²) in [6, 6.07) is 5.92. The predicted octanol–water partition coefficient (Wildman–Crippen LogP) is 2.46. The molecule has 3 N–H and O–H groups in total. The van der Waals surface area contributed by atoms with Crippen molar-refractivity contribution in [3.8, 4) is 0 Å². The molecule has 1 aromatic carbocycles. The van der Waals surface area contributed by atoms with E-state index >= 15 is 0 Å². The van der Waals surface area contributed by atoms with E-state index in [4.69, 9.17) is 5.84 Å². The molecule has 0 aliphatic heterocycles. The molecule has 0 unspecified atom stereocenters. The van der Waals surface area contributed by atoms with E-state index in [1.165, 1.54) is 0 Å². The molecule has 0 saturated heterocycles. The first-order chi connectivity index (χ1) is 4.74. The van der Waals surface area contributed by atoms with E-state index < -0.39 is 0 Å². The minimum Gasteiger partial charge on any atom is -0.324 e. The average molecular weight is 238 g/mol. The second-order valence-electron chi connectivity index (χ2n) is 2.10. The highest BCUT2D eigenvalue weighted by molar-refractivity contribution is 9.10. The number of benzene rings is 1. The van der Waals surface area contributed by atoms with Crippen molar-refractivity contribution in [2.24, 2.45) is 5.84 Å². The van der Waals surface area contributed by atoms with E-state index in [1.807, 2.05) is 25.1 Å². The Morgan fingerprint density at radius 1 is 1.45 bits per heavy atom. The zero-order chi connectivity index (χ0) is 7.56. The molecule has 0 aromatic heterocycles. The van der Waals surface area contributed by atoms with Crippen LogP contribution in [0, 0.1) is 6.92 Å². The van der Waals surface area contributed by atoms with Gasteiger partial charge in [-0.2, -0.15) is 0 Å². The number of hydrazine groups is 1. The van der Waals surface area contributed by atoms with Gasteiger partial charge in [0.2, 0.25) is 0 Å². The minimum absolute atomic E-state index is 0. The van der Waals surface area contributed by atoms with Gasteiger partial charge in [-0.1, -0.05) is 22.0 Å². The molecule has 62 valence electrons. The van der Waals surface area contributed by atoms with E-state index in [1.54, 1.807) is 0 Å². The van der Waals surface area contributed by atoms with Gasteiger partial charge >= 0.3 is 0 Å². The SMILES string of the molecule is Cc1ccc(Br)cc1NN.Cl. The Morgan fingerprint density at radius 2 is 2.09 bits per heavy atom. The van der Waals surface area contributed by atoms with Gasteiger partial charge in [0, 0.05) is 4.47 Å². The van der Waals surface area contributed by atoms with Crippen LogP contribution in [0.15, 0.2) is 22.7 Å². The molecule has 1 aromatic rings. The van der Waals surface area contributed by atoms with Gasteiger partial charge in [-0.25, -0.2) is 0 Å². The summed E-state index contributed by atoms with van der Waals surface area (Å²) in [6.07, 6.45) is 0. The lowest BCUT2D eigenvalue weighted by atomic mass is 10.2. The normalized spacial score (nSPS) is 8.64. The lowest BCUT2D eigenvalue weighted by molar-refractivity contribution is 1.30. The molecule has 0 aliphatic rings. The fourth-order valence-corrected chi connectivity index (χ4v) is 1.11. The zero-order valence-corrected chi connectivity index (χ0v) is 8.50. The number of aryl methyl sites for hydroxylation is 1. The molecule has 0 fully saturated rings. The Balaban J connectivity index is 0.000001000. The van der Waals surface area contributed by atoms with Crippen LogP contribution in [0.3, 0.4) is 0 Å². The number of halogens is 2. The molecule has 0 atom stereocenters.